The normalized spacial score (nSPS) is 10.2. The topological polar surface area (TPSA) is 20.2 Å². The number of halogens is 2. The average molecular weight is 191 g/mol. The van der Waals surface area contributed by atoms with E-state index in [0.717, 1.165) is 5.56 Å². The van der Waals surface area contributed by atoms with Gasteiger partial charge in [-0.25, -0.2) is 0 Å². The standard InChI is InChI=1S/C8H8Cl2O/c1-4-6(9)3-7(11)5(2)8(4)10/h3,11H,1-2H3. The van der Waals surface area contributed by atoms with Gasteiger partial charge in [0.15, 0.2) is 0 Å². The van der Waals surface area contributed by atoms with Gasteiger partial charge in [-0.15, -0.1) is 0 Å². The van der Waals surface area contributed by atoms with E-state index >= 15 is 0 Å². The van der Waals surface area contributed by atoms with E-state index in [0.29, 0.717) is 15.6 Å². The summed E-state index contributed by atoms with van der Waals surface area (Å²) in [5.74, 6) is 0.144. The molecule has 0 saturated heterocycles. The molecule has 0 aromatic heterocycles. The number of rotatable bonds is 0. The first-order valence-electron chi connectivity index (χ1n) is 3.18. The maximum Gasteiger partial charge on any atom is 0.121 e. The van der Waals surface area contributed by atoms with Crippen molar-refractivity contribution < 1.29 is 5.11 Å². The molecule has 0 radical (unpaired) electrons. The predicted octanol–water partition coefficient (Wildman–Crippen LogP) is 3.32. The summed E-state index contributed by atoms with van der Waals surface area (Å²) in [5, 5.41) is 10.3. The monoisotopic (exact) mass is 190 g/mol. The summed E-state index contributed by atoms with van der Waals surface area (Å²) in [6.45, 7) is 3.57. The molecule has 1 aromatic rings. The zero-order valence-electron chi connectivity index (χ0n) is 6.28. The fourth-order valence-electron chi connectivity index (χ4n) is 0.835. The number of phenols is 1. The van der Waals surface area contributed by atoms with E-state index in [1.165, 1.54) is 6.07 Å². The van der Waals surface area contributed by atoms with E-state index < -0.39 is 0 Å². The van der Waals surface area contributed by atoms with E-state index in [-0.39, 0.29) is 5.75 Å². The highest BCUT2D eigenvalue weighted by molar-refractivity contribution is 6.36. The Labute approximate surface area is 75.6 Å². The zero-order chi connectivity index (χ0) is 8.59. The van der Waals surface area contributed by atoms with Gasteiger partial charge in [-0.05, 0) is 25.5 Å². The van der Waals surface area contributed by atoms with Crippen molar-refractivity contribution in [3.8, 4) is 5.75 Å². The van der Waals surface area contributed by atoms with E-state index in [2.05, 4.69) is 0 Å². The third-order valence-corrected chi connectivity index (χ3v) is 2.62. The van der Waals surface area contributed by atoms with Gasteiger partial charge >= 0.3 is 0 Å². The Morgan fingerprint density at radius 1 is 1.18 bits per heavy atom. The molecule has 0 heterocycles. The first kappa shape index (κ1) is 8.69. The van der Waals surface area contributed by atoms with Crippen LogP contribution in [0.5, 0.6) is 5.75 Å². The molecular formula is C8H8Cl2O. The van der Waals surface area contributed by atoms with Crippen molar-refractivity contribution in [1.29, 1.82) is 0 Å². The van der Waals surface area contributed by atoms with Crippen molar-refractivity contribution in [2.75, 3.05) is 0 Å². The Morgan fingerprint density at radius 2 is 1.73 bits per heavy atom. The molecule has 1 N–H and O–H groups in total. The molecule has 1 rings (SSSR count). The molecule has 0 fully saturated rings. The van der Waals surface area contributed by atoms with Gasteiger partial charge in [0.05, 0.1) is 5.02 Å². The minimum absolute atomic E-state index is 0.144. The Kier molecular flexibility index (Phi) is 2.31. The van der Waals surface area contributed by atoms with Crippen LogP contribution in [0.4, 0.5) is 0 Å². The van der Waals surface area contributed by atoms with Crippen LogP contribution in [-0.2, 0) is 0 Å². The minimum Gasteiger partial charge on any atom is -0.508 e. The summed E-state index contributed by atoms with van der Waals surface area (Å²) in [6, 6.07) is 1.50. The van der Waals surface area contributed by atoms with Crippen LogP contribution in [0, 0.1) is 13.8 Å². The van der Waals surface area contributed by atoms with Gasteiger partial charge in [-0.1, -0.05) is 23.2 Å². The van der Waals surface area contributed by atoms with E-state index in [1.54, 1.807) is 6.92 Å². The molecule has 0 amide bonds. The van der Waals surface area contributed by atoms with Crippen LogP contribution in [0.25, 0.3) is 0 Å². The van der Waals surface area contributed by atoms with Crippen molar-refractivity contribution in [1.82, 2.24) is 0 Å². The molecule has 3 heteroatoms. The summed E-state index contributed by atoms with van der Waals surface area (Å²) in [6.07, 6.45) is 0. The maximum atomic E-state index is 9.24. The highest BCUT2D eigenvalue weighted by Crippen LogP contribution is 2.33. The quantitative estimate of drug-likeness (QED) is 0.666. The van der Waals surface area contributed by atoms with Crippen molar-refractivity contribution in [3.05, 3.63) is 27.2 Å². The van der Waals surface area contributed by atoms with Crippen molar-refractivity contribution in [2.24, 2.45) is 0 Å². The third kappa shape index (κ3) is 1.44. The van der Waals surface area contributed by atoms with Gasteiger partial charge in [0.2, 0.25) is 0 Å². The van der Waals surface area contributed by atoms with Crippen LogP contribution in [0.15, 0.2) is 6.07 Å². The molecule has 1 aromatic carbocycles. The SMILES string of the molecule is Cc1c(O)cc(Cl)c(C)c1Cl. The Bertz CT molecular complexity index is 268. The van der Waals surface area contributed by atoms with Crippen LogP contribution in [-0.4, -0.2) is 5.11 Å². The molecule has 0 aliphatic rings. The molecule has 0 bridgehead atoms. The molecule has 1 nitrogen and oxygen atoms in total. The summed E-state index contributed by atoms with van der Waals surface area (Å²) in [5.41, 5.74) is 1.48. The summed E-state index contributed by atoms with van der Waals surface area (Å²) in [7, 11) is 0. The fourth-order valence-corrected chi connectivity index (χ4v) is 1.28. The molecule has 0 aliphatic heterocycles. The van der Waals surface area contributed by atoms with Gasteiger partial charge in [-0.3, -0.25) is 0 Å². The lowest BCUT2D eigenvalue weighted by Crippen LogP contribution is -1.83. The minimum atomic E-state index is 0.144. The smallest absolute Gasteiger partial charge is 0.121 e. The van der Waals surface area contributed by atoms with Gasteiger partial charge in [-0.2, -0.15) is 0 Å². The molecule has 0 unspecified atom stereocenters. The lowest BCUT2D eigenvalue weighted by molar-refractivity contribution is 0.471. The second-order valence-electron chi connectivity index (χ2n) is 2.44. The van der Waals surface area contributed by atoms with Crippen molar-refractivity contribution >= 4 is 23.2 Å². The van der Waals surface area contributed by atoms with Crippen molar-refractivity contribution in [2.45, 2.75) is 13.8 Å². The van der Waals surface area contributed by atoms with Gasteiger partial charge < -0.3 is 5.11 Å². The molecule has 60 valence electrons. The van der Waals surface area contributed by atoms with Crippen LogP contribution < -0.4 is 0 Å². The maximum absolute atomic E-state index is 9.24. The number of hydrogen-bond acceptors (Lipinski definition) is 1. The number of phenolic OH excluding ortho intramolecular Hbond substituents is 1. The van der Waals surface area contributed by atoms with Crippen LogP contribution in [0.3, 0.4) is 0 Å². The van der Waals surface area contributed by atoms with Gasteiger partial charge in [0, 0.05) is 10.6 Å². The van der Waals surface area contributed by atoms with E-state index in [4.69, 9.17) is 23.2 Å². The second kappa shape index (κ2) is 2.92. The molecule has 0 aliphatic carbocycles. The number of aromatic hydroxyl groups is 1. The first-order valence-corrected chi connectivity index (χ1v) is 3.93. The highest BCUT2D eigenvalue weighted by atomic mass is 35.5. The van der Waals surface area contributed by atoms with E-state index in [1.807, 2.05) is 6.92 Å². The molecule has 0 atom stereocenters. The largest absolute Gasteiger partial charge is 0.508 e. The van der Waals surface area contributed by atoms with Gasteiger partial charge in [0.1, 0.15) is 5.75 Å². The Balaban J connectivity index is 3.46. The third-order valence-electron chi connectivity index (χ3n) is 1.66. The average Bonchev–Trinajstić information content (AvgIpc) is 1.97. The van der Waals surface area contributed by atoms with Crippen LogP contribution in [0.2, 0.25) is 10.0 Å². The second-order valence-corrected chi connectivity index (χ2v) is 3.23. The fraction of sp³-hybridized carbons (Fsp3) is 0.250. The highest BCUT2D eigenvalue weighted by Gasteiger charge is 2.07. The van der Waals surface area contributed by atoms with Gasteiger partial charge in [0.25, 0.3) is 0 Å². The molecule has 0 spiro atoms. The molecule has 0 saturated carbocycles. The Hall–Kier alpha value is -0.400. The zero-order valence-corrected chi connectivity index (χ0v) is 7.79. The van der Waals surface area contributed by atoms with Crippen LogP contribution >= 0.6 is 23.2 Å². The Morgan fingerprint density at radius 3 is 2.27 bits per heavy atom. The lowest BCUT2D eigenvalue weighted by Gasteiger charge is -2.06. The van der Waals surface area contributed by atoms with E-state index in [9.17, 15) is 5.11 Å². The van der Waals surface area contributed by atoms with Crippen LogP contribution in [0.1, 0.15) is 11.1 Å². The summed E-state index contributed by atoms with van der Waals surface area (Å²) >= 11 is 11.6. The number of hydrogen-bond donors (Lipinski definition) is 1. The van der Waals surface area contributed by atoms with Crippen molar-refractivity contribution in [3.63, 3.8) is 0 Å². The molecular weight excluding hydrogens is 183 g/mol. The lowest BCUT2D eigenvalue weighted by atomic mass is 10.1. The first-order chi connectivity index (χ1) is 5.04. The summed E-state index contributed by atoms with van der Waals surface area (Å²) in [4.78, 5) is 0. The molecule has 11 heavy (non-hydrogen) atoms. The summed E-state index contributed by atoms with van der Waals surface area (Å²) < 4.78 is 0. The predicted molar refractivity (Wildman–Crippen MR) is 47.6 cm³/mol. The number of benzene rings is 1.